The first-order valence-electron chi connectivity index (χ1n) is 9.20. The maximum atomic E-state index is 13.0. The molecule has 30 heavy (non-hydrogen) atoms. The van der Waals surface area contributed by atoms with Crippen LogP contribution in [0.1, 0.15) is 5.56 Å². The van der Waals surface area contributed by atoms with Gasteiger partial charge in [0.25, 0.3) is 0 Å². The van der Waals surface area contributed by atoms with Crippen LogP contribution in [0.25, 0.3) is 10.2 Å². The molecule has 2 aromatic carbocycles. The van der Waals surface area contributed by atoms with Gasteiger partial charge in [0.1, 0.15) is 11.6 Å². The average molecular weight is 439 g/mol. The van der Waals surface area contributed by atoms with Crippen molar-refractivity contribution < 1.29 is 27.1 Å². The number of thiazole rings is 1. The number of halogens is 4. The molecule has 0 spiro atoms. The molecule has 0 bridgehead atoms. The molecule has 3 aromatic rings. The third kappa shape index (κ3) is 4.81. The van der Waals surface area contributed by atoms with Crippen LogP contribution in [0.3, 0.4) is 0 Å². The van der Waals surface area contributed by atoms with Gasteiger partial charge in [-0.05, 0) is 29.8 Å². The third-order valence-electron chi connectivity index (χ3n) is 4.75. The molecular weight excluding hydrogens is 422 g/mol. The van der Waals surface area contributed by atoms with E-state index in [9.17, 15) is 22.4 Å². The van der Waals surface area contributed by atoms with Gasteiger partial charge in [-0.3, -0.25) is 4.79 Å². The van der Waals surface area contributed by atoms with Crippen molar-refractivity contribution in [3.8, 4) is 5.75 Å². The van der Waals surface area contributed by atoms with Crippen LogP contribution in [0.15, 0.2) is 42.5 Å². The lowest BCUT2D eigenvalue weighted by Crippen LogP contribution is -2.49. The van der Waals surface area contributed by atoms with Crippen LogP contribution >= 0.6 is 11.3 Å². The minimum atomic E-state index is -4.74. The van der Waals surface area contributed by atoms with Gasteiger partial charge in [0.05, 0.1) is 16.6 Å². The Morgan fingerprint density at radius 2 is 1.77 bits per heavy atom. The molecule has 5 nitrogen and oxygen atoms in total. The normalized spacial score (nSPS) is 14.9. The third-order valence-corrected chi connectivity index (χ3v) is 5.83. The topological polar surface area (TPSA) is 45.7 Å². The second-order valence-electron chi connectivity index (χ2n) is 6.84. The number of nitrogens with zero attached hydrogens (tertiary/aromatic N) is 3. The summed E-state index contributed by atoms with van der Waals surface area (Å²) in [5, 5.41) is 0.694. The second kappa shape index (κ2) is 8.10. The summed E-state index contributed by atoms with van der Waals surface area (Å²) in [4.78, 5) is 20.7. The van der Waals surface area contributed by atoms with E-state index in [1.165, 1.54) is 41.7 Å². The summed E-state index contributed by atoms with van der Waals surface area (Å²) in [6.07, 6.45) is -4.53. The van der Waals surface area contributed by atoms with E-state index in [-0.39, 0.29) is 23.9 Å². The summed E-state index contributed by atoms with van der Waals surface area (Å²) < 4.78 is 54.8. The first kappa shape index (κ1) is 20.4. The van der Waals surface area contributed by atoms with Gasteiger partial charge in [0.2, 0.25) is 5.91 Å². The van der Waals surface area contributed by atoms with E-state index in [4.69, 9.17) is 0 Å². The van der Waals surface area contributed by atoms with Crippen LogP contribution in [0.5, 0.6) is 5.75 Å². The van der Waals surface area contributed by atoms with Crippen molar-refractivity contribution in [1.29, 1.82) is 0 Å². The van der Waals surface area contributed by atoms with E-state index in [0.29, 0.717) is 41.5 Å². The van der Waals surface area contributed by atoms with Gasteiger partial charge in [0.15, 0.2) is 5.13 Å². The Bertz CT molecular complexity index is 1040. The number of carbonyl (C=O) groups excluding carboxylic acids is 1. The lowest BCUT2D eigenvalue weighted by atomic mass is 10.1. The molecule has 0 saturated carbocycles. The number of aromatic nitrogens is 1. The number of benzene rings is 2. The quantitative estimate of drug-likeness (QED) is 0.571. The van der Waals surface area contributed by atoms with Gasteiger partial charge < -0.3 is 14.5 Å². The van der Waals surface area contributed by atoms with Gasteiger partial charge in [0, 0.05) is 32.2 Å². The molecule has 4 rings (SSSR count). The number of carbonyl (C=O) groups is 1. The van der Waals surface area contributed by atoms with Crippen LogP contribution in [0, 0.1) is 5.82 Å². The highest BCUT2D eigenvalue weighted by Crippen LogP contribution is 2.33. The van der Waals surface area contributed by atoms with E-state index in [1.54, 1.807) is 17.0 Å². The lowest BCUT2D eigenvalue weighted by Gasteiger charge is -2.34. The molecule has 0 atom stereocenters. The minimum Gasteiger partial charge on any atom is -0.406 e. The standard InChI is InChI=1S/C20H17F4N3O2S/c21-14-3-1-13(2-4-14)11-18(28)26-7-9-27(10-8-26)19-25-16-6-5-15(12-17(16)30-19)29-20(22,23)24/h1-6,12H,7-11H2. The summed E-state index contributed by atoms with van der Waals surface area (Å²) in [7, 11) is 0. The summed E-state index contributed by atoms with van der Waals surface area (Å²) >= 11 is 1.29. The minimum absolute atomic E-state index is 0.0282. The Hall–Kier alpha value is -2.88. The molecule has 1 aromatic heterocycles. The molecule has 0 unspecified atom stereocenters. The Kier molecular flexibility index (Phi) is 5.50. The number of alkyl halides is 3. The molecule has 0 N–H and O–H groups in total. The molecule has 1 amide bonds. The van der Waals surface area contributed by atoms with Crippen LogP contribution in [-0.4, -0.2) is 48.3 Å². The number of amides is 1. The SMILES string of the molecule is O=C(Cc1ccc(F)cc1)N1CCN(c2nc3ccc(OC(F)(F)F)cc3s2)CC1. The fraction of sp³-hybridized carbons (Fsp3) is 0.300. The maximum Gasteiger partial charge on any atom is 0.573 e. The van der Waals surface area contributed by atoms with Crippen molar-refractivity contribution in [3.05, 3.63) is 53.8 Å². The molecule has 1 saturated heterocycles. The summed E-state index contributed by atoms with van der Waals surface area (Å²) in [6.45, 7) is 2.17. The molecule has 2 heterocycles. The molecule has 1 fully saturated rings. The van der Waals surface area contributed by atoms with Crippen molar-refractivity contribution in [2.75, 3.05) is 31.1 Å². The summed E-state index contributed by atoms with van der Waals surface area (Å²) in [5.41, 5.74) is 1.35. The van der Waals surface area contributed by atoms with E-state index >= 15 is 0 Å². The monoisotopic (exact) mass is 439 g/mol. The Morgan fingerprint density at radius 1 is 1.07 bits per heavy atom. The second-order valence-corrected chi connectivity index (χ2v) is 7.85. The van der Waals surface area contributed by atoms with Gasteiger partial charge in [-0.2, -0.15) is 0 Å². The zero-order valence-electron chi connectivity index (χ0n) is 15.7. The van der Waals surface area contributed by atoms with Crippen molar-refractivity contribution in [1.82, 2.24) is 9.88 Å². The summed E-state index contributed by atoms with van der Waals surface area (Å²) in [6, 6.07) is 9.93. The smallest absolute Gasteiger partial charge is 0.406 e. The predicted octanol–water partition coefficient (Wildman–Crippen LogP) is 4.23. The number of hydrogen-bond acceptors (Lipinski definition) is 5. The fourth-order valence-corrected chi connectivity index (χ4v) is 4.31. The Balaban J connectivity index is 1.38. The highest BCUT2D eigenvalue weighted by molar-refractivity contribution is 7.22. The van der Waals surface area contributed by atoms with E-state index in [2.05, 4.69) is 9.72 Å². The van der Waals surface area contributed by atoms with Gasteiger partial charge in [-0.15, -0.1) is 13.2 Å². The van der Waals surface area contributed by atoms with Gasteiger partial charge >= 0.3 is 6.36 Å². The van der Waals surface area contributed by atoms with E-state index < -0.39 is 6.36 Å². The van der Waals surface area contributed by atoms with Gasteiger partial charge in [-0.25, -0.2) is 9.37 Å². The zero-order valence-corrected chi connectivity index (χ0v) is 16.5. The van der Waals surface area contributed by atoms with Crippen LogP contribution in [-0.2, 0) is 11.2 Å². The fourth-order valence-electron chi connectivity index (χ4n) is 3.26. The molecular formula is C20H17F4N3O2S. The molecule has 1 aliphatic heterocycles. The largest absolute Gasteiger partial charge is 0.573 e. The van der Waals surface area contributed by atoms with Crippen molar-refractivity contribution in [3.63, 3.8) is 0 Å². The molecule has 0 radical (unpaired) electrons. The number of hydrogen-bond donors (Lipinski definition) is 0. The molecule has 10 heteroatoms. The highest BCUT2D eigenvalue weighted by Gasteiger charge is 2.31. The van der Waals surface area contributed by atoms with Crippen LogP contribution in [0.2, 0.25) is 0 Å². The van der Waals surface area contributed by atoms with Crippen molar-refractivity contribution in [2.24, 2.45) is 0 Å². The van der Waals surface area contributed by atoms with Crippen molar-refractivity contribution in [2.45, 2.75) is 12.8 Å². The lowest BCUT2D eigenvalue weighted by molar-refractivity contribution is -0.274. The highest BCUT2D eigenvalue weighted by atomic mass is 32.1. The van der Waals surface area contributed by atoms with Crippen LogP contribution in [0.4, 0.5) is 22.7 Å². The van der Waals surface area contributed by atoms with Crippen molar-refractivity contribution >= 4 is 32.6 Å². The number of piperazine rings is 1. The zero-order chi connectivity index (χ0) is 21.3. The Labute approximate surface area is 173 Å². The first-order valence-corrected chi connectivity index (χ1v) is 10.0. The average Bonchev–Trinajstić information content (AvgIpc) is 3.12. The predicted molar refractivity (Wildman–Crippen MR) is 105 cm³/mol. The maximum absolute atomic E-state index is 13.0. The van der Waals surface area contributed by atoms with Crippen LogP contribution < -0.4 is 9.64 Å². The number of rotatable bonds is 4. The number of ether oxygens (including phenoxy) is 1. The molecule has 158 valence electrons. The first-order chi connectivity index (χ1) is 14.3. The Morgan fingerprint density at radius 3 is 2.43 bits per heavy atom. The number of fused-ring (bicyclic) bond motifs is 1. The summed E-state index contributed by atoms with van der Waals surface area (Å²) in [5.74, 6) is -0.645. The number of anilines is 1. The van der Waals surface area contributed by atoms with E-state index in [1.807, 2.05) is 4.90 Å². The molecule has 0 aliphatic carbocycles. The van der Waals surface area contributed by atoms with Gasteiger partial charge in [-0.1, -0.05) is 23.5 Å². The van der Waals surface area contributed by atoms with E-state index in [0.717, 1.165) is 5.56 Å². The molecule has 1 aliphatic rings.